The Kier molecular flexibility index (Phi) is 11.3. The molecule has 0 aromatic carbocycles. The van der Waals surface area contributed by atoms with Crippen LogP contribution in [0.1, 0.15) is 54.9 Å². The minimum absolute atomic E-state index is 0.0144. The van der Waals surface area contributed by atoms with Crippen molar-refractivity contribution in [1.29, 1.82) is 0 Å². The molecule has 0 spiro atoms. The van der Waals surface area contributed by atoms with E-state index in [1.54, 1.807) is 4.90 Å². The molecule has 2 atom stereocenters. The van der Waals surface area contributed by atoms with Gasteiger partial charge in [-0.25, -0.2) is 0 Å². The SMILES string of the molecule is CC(C)C(=O)CN(CCN(CC(=O)C(C)C)C(=O)C(C)C)CC(=O)C(C)C1CCS1. The summed E-state index contributed by atoms with van der Waals surface area (Å²) in [5.41, 5.74) is 0. The number of carbonyl (C=O) groups excluding carboxylic acids is 4. The van der Waals surface area contributed by atoms with Crippen molar-refractivity contribution in [3.05, 3.63) is 0 Å². The summed E-state index contributed by atoms with van der Waals surface area (Å²) in [5.74, 6) is 0.756. The molecule has 172 valence electrons. The van der Waals surface area contributed by atoms with Crippen LogP contribution in [0.15, 0.2) is 0 Å². The van der Waals surface area contributed by atoms with Gasteiger partial charge in [-0.05, 0) is 12.2 Å². The third kappa shape index (κ3) is 8.50. The Labute approximate surface area is 186 Å². The molecule has 0 aromatic rings. The van der Waals surface area contributed by atoms with E-state index < -0.39 is 0 Å². The van der Waals surface area contributed by atoms with Crippen molar-refractivity contribution in [2.24, 2.45) is 23.7 Å². The molecule has 6 nitrogen and oxygen atoms in total. The molecular formula is C23H40N2O4S. The molecule has 7 heteroatoms. The van der Waals surface area contributed by atoms with Crippen LogP contribution in [0, 0.1) is 23.7 Å². The fourth-order valence-electron chi connectivity index (χ4n) is 3.10. The van der Waals surface area contributed by atoms with Crippen LogP contribution >= 0.6 is 11.8 Å². The summed E-state index contributed by atoms with van der Waals surface area (Å²) < 4.78 is 0. The second kappa shape index (κ2) is 12.6. The minimum atomic E-state index is -0.215. The summed E-state index contributed by atoms with van der Waals surface area (Å²) in [6.07, 6.45) is 1.07. The van der Waals surface area contributed by atoms with Crippen molar-refractivity contribution in [1.82, 2.24) is 9.80 Å². The van der Waals surface area contributed by atoms with Gasteiger partial charge in [-0.2, -0.15) is 11.8 Å². The van der Waals surface area contributed by atoms with E-state index >= 15 is 0 Å². The van der Waals surface area contributed by atoms with Crippen LogP contribution in [0.4, 0.5) is 0 Å². The fraction of sp³-hybridized carbons (Fsp3) is 0.826. The van der Waals surface area contributed by atoms with E-state index in [1.165, 1.54) is 0 Å². The lowest BCUT2D eigenvalue weighted by molar-refractivity contribution is -0.139. The van der Waals surface area contributed by atoms with Gasteiger partial charge in [0.05, 0.1) is 19.6 Å². The van der Waals surface area contributed by atoms with Crippen LogP contribution in [-0.2, 0) is 19.2 Å². The second-order valence-electron chi connectivity index (χ2n) is 9.32. The molecule has 1 aliphatic rings. The van der Waals surface area contributed by atoms with Gasteiger partial charge in [0.15, 0.2) is 11.6 Å². The van der Waals surface area contributed by atoms with E-state index in [0.29, 0.717) is 18.3 Å². The Bertz CT molecular complexity index is 614. The van der Waals surface area contributed by atoms with Gasteiger partial charge in [0.1, 0.15) is 5.78 Å². The molecular weight excluding hydrogens is 400 g/mol. The van der Waals surface area contributed by atoms with Gasteiger partial charge in [-0.3, -0.25) is 24.1 Å². The fourth-order valence-corrected chi connectivity index (χ4v) is 4.05. The van der Waals surface area contributed by atoms with Gasteiger partial charge in [0, 0.05) is 42.0 Å². The highest BCUT2D eigenvalue weighted by Crippen LogP contribution is 2.34. The number of ketones is 3. The Morgan fingerprint density at radius 1 is 0.767 bits per heavy atom. The van der Waals surface area contributed by atoms with E-state index in [0.717, 1.165) is 12.2 Å². The quantitative estimate of drug-likeness (QED) is 0.413. The van der Waals surface area contributed by atoms with Crippen LogP contribution in [0.25, 0.3) is 0 Å². The molecule has 0 saturated carbocycles. The zero-order valence-corrected chi connectivity index (χ0v) is 20.6. The zero-order chi connectivity index (χ0) is 23.0. The highest BCUT2D eigenvalue weighted by Gasteiger charge is 2.31. The first-order chi connectivity index (χ1) is 13.9. The number of hydrogen-bond acceptors (Lipinski definition) is 6. The van der Waals surface area contributed by atoms with Crippen molar-refractivity contribution in [2.75, 3.05) is 38.5 Å². The molecule has 0 N–H and O–H groups in total. The van der Waals surface area contributed by atoms with Crippen LogP contribution < -0.4 is 0 Å². The van der Waals surface area contributed by atoms with E-state index in [9.17, 15) is 19.2 Å². The average molecular weight is 441 g/mol. The first-order valence-corrected chi connectivity index (χ1v) is 12.2. The summed E-state index contributed by atoms with van der Waals surface area (Å²) in [5, 5.41) is 0.378. The summed E-state index contributed by atoms with van der Waals surface area (Å²) >= 11 is 1.83. The molecule has 0 radical (unpaired) electrons. The van der Waals surface area contributed by atoms with Crippen molar-refractivity contribution in [3.63, 3.8) is 0 Å². The Hall–Kier alpha value is -1.21. The molecule has 1 aliphatic heterocycles. The first kappa shape index (κ1) is 26.8. The number of thioether (sulfide) groups is 1. The van der Waals surface area contributed by atoms with Gasteiger partial charge in [-0.1, -0.05) is 48.5 Å². The lowest BCUT2D eigenvalue weighted by Gasteiger charge is -2.32. The number of carbonyl (C=O) groups is 4. The topological polar surface area (TPSA) is 74.8 Å². The van der Waals surface area contributed by atoms with Crippen LogP contribution in [0.2, 0.25) is 0 Å². The monoisotopic (exact) mass is 440 g/mol. The molecule has 1 rings (SSSR count). The van der Waals surface area contributed by atoms with Crippen molar-refractivity contribution < 1.29 is 19.2 Å². The summed E-state index contributed by atoms with van der Waals surface area (Å²) in [6.45, 7) is 14.2. The second-order valence-corrected chi connectivity index (χ2v) is 10.7. The lowest BCUT2D eigenvalue weighted by Crippen LogP contribution is -2.47. The van der Waals surface area contributed by atoms with Crippen molar-refractivity contribution >= 4 is 35.0 Å². The number of nitrogens with zero attached hydrogens (tertiary/aromatic N) is 2. The third-order valence-electron chi connectivity index (χ3n) is 5.69. The minimum Gasteiger partial charge on any atom is -0.334 e. The highest BCUT2D eigenvalue weighted by atomic mass is 32.2. The van der Waals surface area contributed by atoms with Gasteiger partial charge in [0.25, 0.3) is 0 Å². The van der Waals surface area contributed by atoms with Crippen molar-refractivity contribution in [2.45, 2.75) is 60.1 Å². The molecule has 0 bridgehead atoms. The molecule has 0 aromatic heterocycles. The molecule has 30 heavy (non-hydrogen) atoms. The number of hydrogen-bond donors (Lipinski definition) is 0. The predicted octanol–water partition coefficient (Wildman–Crippen LogP) is 2.93. The van der Waals surface area contributed by atoms with E-state index in [4.69, 9.17) is 0 Å². The van der Waals surface area contributed by atoms with Crippen LogP contribution in [0.3, 0.4) is 0 Å². The lowest BCUT2D eigenvalue weighted by atomic mass is 9.99. The maximum atomic E-state index is 12.8. The van der Waals surface area contributed by atoms with Crippen LogP contribution in [0.5, 0.6) is 0 Å². The Balaban J connectivity index is 2.84. The highest BCUT2D eigenvalue weighted by molar-refractivity contribution is 8.01. The van der Waals surface area contributed by atoms with Crippen molar-refractivity contribution in [3.8, 4) is 0 Å². The average Bonchev–Trinajstić information content (AvgIpc) is 2.61. The molecule has 2 unspecified atom stereocenters. The molecule has 1 fully saturated rings. The largest absolute Gasteiger partial charge is 0.334 e. The molecule has 1 heterocycles. The van der Waals surface area contributed by atoms with E-state index in [-0.39, 0.29) is 66.6 Å². The summed E-state index contributed by atoms with van der Waals surface area (Å²) in [4.78, 5) is 53.5. The normalized spacial score (nSPS) is 17.4. The summed E-state index contributed by atoms with van der Waals surface area (Å²) in [6, 6.07) is 0. The number of amides is 1. The number of Topliss-reactive ketones (excluding diaryl/α,β-unsaturated/α-hetero) is 3. The zero-order valence-electron chi connectivity index (χ0n) is 19.8. The van der Waals surface area contributed by atoms with E-state index in [1.807, 2.05) is 65.1 Å². The van der Waals surface area contributed by atoms with Crippen LogP contribution in [-0.4, -0.2) is 76.8 Å². The predicted molar refractivity (Wildman–Crippen MR) is 123 cm³/mol. The van der Waals surface area contributed by atoms with Gasteiger partial charge < -0.3 is 4.90 Å². The van der Waals surface area contributed by atoms with Gasteiger partial charge in [0.2, 0.25) is 5.91 Å². The summed E-state index contributed by atoms with van der Waals surface area (Å²) in [7, 11) is 0. The Morgan fingerprint density at radius 3 is 1.70 bits per heavy atom. The van der Waals surface area contributed by atoms with Gasteiger partial charge >= 0.3 is 0 Å². The number of rotatable bonds is 14. The van der Waals surface area contributed by atoms with Gasteiger partial charge in [-0.15, -0.1) is 0 Å². The maximum absolute atomic E-state index is 12.8. The molecule has 1 saturated heterocycles. The maximum Gasteiger partial charge on any atom is 0.225 e. The Morgan fingerprint density at radius 2 is 1.27 bits per heavy atom. The molecule has 1 amide bonds. The molecule has 0 aliphatic carbocycles. The standard InChI is InChI=1S/C23H40N2O4S/c1-15(2)19(26)12-24(13-21(28)18(7)22-8-11-30-22)9-10-25(23(29)17(5)6)14-20(27)16(3)4/h15-18,22H,8-14H2,1-7H3. The third-order valence-corrected chi connectivity index (χ3v) is 7.23. The van der Waals surface area contributed by atoms with E-state index in [2.05, 4.69) is 0 Å². The first-order valence-electron chi connectivity index (χ1n) is 11.1. The smallest absolute Gasteiger partial charge is 0.225 e.